The zero-order valence-corrected chi connectivity index (χ0v) is 21.2. The Balaban J connectivity index is 0.00000385. The molecule has 3 rings (SSSR count). The standard InChI is InChI=1S/C22H30F3N7.HI/c1-16-5-3-4-6-17(16)15-32-13-8-18(9-14-32)30-20(26-2)28-11-12-29-21-27-10-7-19(31-21)22(23,24)25;/h3-7,10,18H,8-9,11-15H2,1-2H3,(H2,26,28,30)(H,27,29,31);1H. The van der Waals surface area contributed by atoms with Gasteiger partial charge >= 0.3 is 6.18 Å². The second kappa shape index (κ2) is 12.9. The van der Waals surface area contributed by atoms with Crippen LogP contribution in [0.2, 0.25) is 0 Å². The average Bonchev–Trinajstić information content (AvgIpc) is 2.78. The molecule has 0 unspecified atom stereocenters. The summed E-state index contributed by atoms with van der Waals surface area (Å²) >= 11 is 0. The van der Waals surface area contributed by atoms with Gasteiger partial charge in [-0.25, -0.2) is 9.97 Å². The van der Waals surface area contributed by atoms with Crippen molar-refractivity contribution in [2.24, 2.45) is 4.99 Å². The van der Waals surface area contributed by atoms with Crippen LogP contribution < -0.4 is 16.0 Å². The molecular formula is C22H31F3IN7. The predicted octanol–water partition coefficient (Wildman–Crippen LogP) is 3.66. The maximum Gasteiger partial charge on any atom is 0.433 e. The second-order valence-electron chi connectivity index (χ2n) is 7.81. The molecule has 0 bridgehead atoms. The van der Waals surface area contributed by atoms with Crippen molar-refractivity contribution < 1.29 is 13.2 Å². The van der Waals surface area contributed by atoms with E-state index in [0.29, 0.717) is 25.1 Å². The number of nitrogens with one attached hydrogen (secondary N) is 3. The van der Waals surface area contributed by atoms with E-state index in [2.05, 4.69) is 67.0 Å². The Morgan fingerprint density at radius 2 is 1.88 bits per heavy atom. The number of alkyl halides is 3. The van der Waals surface area contributed by atoms with Crippen LogP contribution in [0.3, 0.4) is 0 Å². The van der Waals surface area contributed by atoms with E-state index < -0.39 is 11.9 Å². The molecule has 1 saturated heterocycles. The number of halogens is 4. The molecule has 0 amide bonds. The summed E-state index contributed by atoms with van der Waals surface area (Å²) in [4.78, 5) is 14.0. The molecule has 0 aliphatic carbocycles. The Morgan fingerprint density at radius 1 is 1.15 bits per heavy atom. The van der Waals surface area contributed by atoms with Gasteiger partial charge in [-0.05, 0) is 37.0 Å². The first-order valence-electron chi connectivity index (χ1n) is 10.7. The van der Waals surface area contributed by atoms with E-state index in [4.69, 9.17) is 0 Å². The van der Waals surface area contributed by atoms with Crippen LogP contribution in [0.25, 0.3) is 0 Å². The summed E-state index contributed by atoms with van der Waals surface area (Å²) in [6, 6.07) is 9.66. The minimum absolute atomic E-state index is 0. The quantitative estimate of drug-likeness (QED) is 0.202. The van der Waals surface area contributed by atoms with Gasteiger partial charge in [-0.1, -0.05) is 24.3 Å². The van der Waals surface area contributed by atoms with Crippen LogP contribution in [-0.2, 0) is 12.7 Å². The summed E-state index contributed by atoms with van der Waals surface area (Å²) in [5, 5.41) is 9.41. The lowest BCUT2D eigenvalue weighted by Gasteiger charge is -2.33. The van der Waals surface area contributed by atoms with Gasteiger partial charge < -0.3 is 16.0 Å². The van der Waals surface area contributed by atoms with Gasteiger partial charge in [0.2, 0.25) is 5.95 Å². The molecular weight excluding hydrogens is 546 g/mol. The average molecular weight is 577 g/mol. The summed E-state index contributed by atoms with van der Waals surface area (Å²) < 4.78 is 38.2. The third kappa shape index (κ3) is 8.61. The van der Waals surface area contributed by atoms with Crippen LogP contribution in [0.5, 0.6) is 0 Å². The van der Waals surface area contributed by atoms with E-state index in [9.17, 15) is 13.2 Å². The van der Waals surface area contributed by atoms with Crippen molar-refractivity contribution in [1.82, 2.24) is 25.5 Å². The minimum atomic E-state index is -4.49. The normalized spacial score (nSPS) is 15.6. The molecule has 1 fully saturated rings. The lowest BCUT2D eigenvalue weighted by atomic mass is 10.0. The van der Waals surface area contributed by atoms with E-state index in [1.54, 1.807) is 7.05 Å². The molecule has 1 aromatic carbocycles. The minimum Gasteiger partial charge on any atom is -0.355 e. The highest BCUT2D eigenvalue weighted by Crippen LogP contribution is 2.27. The molecule has 0 spiro atoms. The van der Waals surface area contributed by atoms with Crippen molar-refractivity contribution in [3.05, 3.63) is 53.3 Å². The number of aliphatic imine (C=N–C) groups is 1. The number of nitrogens with zero attached hydrogens (tertiary/aromatic N) is 4. The predicted molar refractivity (Wildman–Crippen MR) is 135 cm³/mol. The molecule has 0 saturated carbocycles. The number of likely N-dealkylation sites (tertiary alicyclic amines) is 1. The summed E-state index contributed by atoms with van der Waals surface area (Å²) in [6.45, 7) is 5.96. The van der Waals surface area contributed by atoms with Gasteiger partial charge in [0, 0.05) is 52.0 Å². The number of benzene rings is 1. The number of aromatic nitrogens is 2. The molecule has 1 aromatic heterocycles. The van der Waals surface area contributed by atoms with Crippen molar-refractivity contribution in [2.45, 2.75) is 38.5 Å². The number of hydrogen-bond acceptors (Lipinski definition) is 5. The largest absolute Gasteiger partial charge is 0.433 e. The number of anilines is 1. The molecule has 3 N–H and O–H groups in total. The van der Waals surface area contributed by atoms with Gasteiger partial charge in [0.1, 0.15) is 5.69 Å². The number of rotatable bonds is 7. The summed E-state index contributed by atoms with van der Waals surface area (Å²) in [5.74, 6) is 0.625. The molecule has 0 radical (unpaired) electrons. The van der Waals surface area contributed by atoms with Crippen molar-refractivity contribution in [2.75, 3.05) is 38.5 Å². The number of guanidine groups is 1. The van der Waals surface area contributed by atoms with Crippen LogP contribution in [-0.4, -0.2) is 60.1 Å². The highest BCUT2D eigenvalue weighted by molar-refractivity contribution is 14.0. The highest BCUT2D eigenvalue weighted by Gasteiger charge is 2.32. The van der Waals surface area contributed by atoms with Gasteiger partial charge in [0.15, 0.2) is 5.96 Å². The maximum absolute atomic E-state index is 12.7. The van der Waals surface area contributed by atoms with Crippen molar-refractivity contribution in [1.29, 1.82) is 0 Å². The van der Waals surface area contributed by atoms with Gasteiger partial charge in [-0.15, -0.1) is 24.0 Å². The summed E-state index contributed by atoms with van der Waals surface area (Å²) in [7, 11) is 1.70. The first kappa shape index (κ1) is 27.1. The van der Waals surface area contributed by atoms with E-state index >= 15 is 0 Å². The first-order chi connectivity index (χ1) is 15.3. The van der Waals surface area contributed by atoms with E-state index in [-0.39, 0.29) is 29.9 Å². The molecule has 2 aromatic rings. The molecule has 182 valence electrons. The van der Waals surface area contributed by atoms with Gasteiger partial charge in [-0.3, -0.25) is 9.89 Å². The number of aryl methyl sites for hydroxylation is 1. The molecule has 11 heteroatoms. The van der Waals surface area contributed by atoms with Gasteiger partial charge in [0.25, 0.3) is 0 Å². The van der Waals surface area contributed by atoms with E-state index in [1.165, 1.54) is 11.1 Å². The summed E-state index contributed by atoms with van der Waals surface area (Å²) in [6.07, 6.45) is -1.36. The topological polar surface area (TPSA) is 77.5 Å². The Labute approximate surface area is 209 Å². The first-order valence-corrected chi connectivity index (χ1v) is 10.7. The fourth-order valence-corrected chi connectivity index (χ4v) is 3.61. The van der Waals surface area contributed by atoms with Crippen molar-refractivity contribution in [3.63, 3.8) is 0 Å². The monoisotopic (exact) mass is 577 g/mol. The van der Waals surface area contributed by atoms with Crippen LogP contribution in [0, 0.1) is 6.92 Å². The zero-order chi connectivity index (χ0) is 23.0. The molecule has 1 aliphatic rings. The molecule has 2 heterocycles. The fourth-order valence-electron chi connectivity index (χ4n) is 3.61. The lowest BCUT2D eigenvalue weighted by molar-refractivity contribution is -0.141. The molecule has 33 heavy (non-hydrogen) atoms. The zero-order valence-electron chi connectivity index (χ0n) is 18.8. The van der Waals surface area contributed by atoms with Crippen LogP contribution in [0.1, 0.15) is 29.7 Å². The van der Waals surface area contributed by atoms with Crippen LogP contribution in [0.15, 0.2) is 41.5 Å². The van der Waals surface area contributed by atoms with Crippen LogP contribution >= 0.6 is 24.0 Å². The Morgan fingerprint density at radius 3 is 2.55 bits per heavy atom. The van der Waals surface area contributed by atoms with Gasteiger partial charge in [0.05, 0.1) is 0 Å². The van der Waals surface area contributed by atoms with Crippen molar-refractivity contribution >= 4 is 35.9 Å². The van der Waals surface area contributed by atoms with Crippen molar-refractivity contribution in [3.8, 4) is 0 Å². The SMILES string of the molecule is CN=C(NCCNc1nccc(C(F)(F)F)n1)NC1CCN(Cc2ccccc2C)CC1.I. The third-order valence-corrected chi connectivity index (χ3v) is 5.45. The number of hydrogen-bond donors (Lipinski definition) is 3. The van der Waals surface area contributed by atoms with E-state index in [1.807, 2.05) is 0 Å². The maximum atomic E-state index is 12.7. The molecule has 0 atom stereocenters. The third-order valence-electron chi connectivity index (χ3n) is 5.45. The fraction of sp³-hybridized carbons (Fsp3) is 0.500. The Hall–Kier alpha value is -2.15. The highest BCUT2D eigenvalue weighted by atomic mass is 127. The Bertz CT molecular complexity index is 900. The molecule has 7 nitrogen and oxygen atoms in total. The summed E-state index contributed by atoms with van der Waals surface area (Å²) in [5.41, 5.74) is 1.73. The van der Waals surface area contributed by atoms with E-state index in [0.717, 1.165) is 44.7 Å². The molecule has 1 aliphatic heterocycles. The van der Waals surface area contributed by atoms with Crippen LogP contribution in [0.4, 0.5) is 19.1 Å². The second-order valence-corrected chi connectivity index (χ2v) is 7.81. The number of piperidine rings is 1. The Kier molecular flexibility index (Phi) is 10.6. The van der Waals surface area contributed by atoms with Gasteiger partial charge in [-0.2, -0.15) is 13.2 Å². The smallest absolute Gasteiger partial charge is 0.355 e. The lowest BCUT2D eigenvalue weighted by Crippen LogP contribution is -2.49.